The van der Waals surface area contributed by atoms with Crippen LogP contribution in [0.3, 0.4) is 0 Å². The summed E-state index contributed by atoms with van der Waals surface area (Å²) in [4.78, 5) is 31.5. The number of aromatic nitrogens is 5. The smallest absolute Gasteiger partial charge is 0.248 e. The Labute approximate surface area is 205 Å². The second-order valence-electron chi connectivity index (χ2n) is 8.24. The molecule has 0 unspecified atom stereocenters. The summed E-state index contributed by atoms with van der Waals surface area (Å²) in [5.74, 6) is -0.186. The summed E-state index contributed by atoms with van der Waals surface area (Å²) < 4.78 is 1.57. The predicted molar refractivity (Wildman–Crippen MR) is 135 cm³/mol. The lowest BCUT2D eigenvalue weighted by Crippen LogP contribution is -2.26. The molecule has 0 atom stereocenters. The lowest BCUT2D eigenvalue weighted by molar-refractivity contribution is -0.124. The monoisotopic (exact) mass is 476 g/mol. The van der Waals surface area contributed by atoms with Gasteiger partial charge < -0.3 is 10.6 Å². The summed E-state index contributed by atoms with van der Waals surface area (Å²) in [5, 5.41) is 19.9. The second-order valence-corrected chi connectivity index (χ2v) is 8.24. The van der Waals surface area contributed by atoms with E-state index in [4.69, 9.17) is 0 Å². The first-order chi connectivity index (χ1) is 17.7. The van der Waals surface area contributed by atoms with Gasteiger partial charge in [0.05, 0.1) is 29.3 Å². The third-order valence-electron chi connectivity index (χ3n) is 5.95. The molecular weight excluding hydrogens is 456 g/mol. The number of nitrogens with one attached hydrogen (secondary N) is 2. The Hall–Kier alpha value is -5.12. The van der Waals surface area contributed by atoms with Gasteiger partial charge in [-0.05, 0) is 58.3 Å². The average Bonchev–Trinajstić information content (AvgIpc) is 3.33. The van der Waals surface area contributed by atoms with E-state index in [-0.39, 0.29) is 18.2 Å². The topological polar surface area (TPSA) is 118 Å². The lowest BCUT2D eigenvalue weighted by Gasteiger charge is -2.23. The van der Waals surface area contributed by atoms with E-state index >= 15 is 0 Å². The van der Waals surface area contributed by atoms with Crippen molar-refractivity contribution >= 4 is 45.6 Å². The number of hydrogen-bond donors (Lipinski definition) is 2. The van der Waals surface area contributed by atoms with Gasteiger partial charge in [0.25, 0.3) is 0 Å². The molecule has 0 saturated heterocycles. The Morgan fingerprint density at radius 2 is 1.69 bits per heavy atom. The van der Waals surface area contributed by atoms with Crippen LogP contribution in [0.4, 0.5) is 23.0 Å². The number of carbonyl (C=O) groups excluding carboxylic acids is 2. The second kappa shape index (κ2) is 8.91. The van der Waals surface area contributed by atoms with E-state index in [0.717, 1.165) is 16.5 Å². The van der Waals surface area contributed by atoms with Crippen molar-refractivity contribution in [1.29, 1.82) is 0 Å². The molecule has 10 heteroatoms. The fourth-order valence-electron chi connectivity index (χ4n) is 4.28. The maximum Gasteiger partial charge on any atom is 0.248 e. The van der Waals surface area contributed by atoms with Gasteiger partial charge in [-0.1, -0.05) is 41.5 Å². The molecule has 1 aliphatic rings. The molecule has 2 N–H and O–H groups in total. The van der Waals surface area contributed by atoms with Gasteiger partial charge in [0.2, 0.25) is 17.8 Å². The number of rotatable bonds is 5. The highest BCUT2D eigenvalue weighted by atomic mass is 16.2. The van der Waals surface area contributed by atoms with E-state index in [0.29, 0.717) is 35.2 Å². The number of fused-ring (bicyclic) bond motifs is 3. The van der Waals surface area contributed by atoms with Gasteiger partial charge in [-0.3, -0.25) is 19.5 Å². The Morgan fingerprint density at radius 3 is 2.53 bits per heavy atom. The van der Waals surface area contributed by atoms with Crippen LogP contribution in [0.2, 0.25) is 0 Å². The predicted octanol–water partition coefficient (Wildman–Crippen LogP) is 3.83. The molecule has 3 heterocycles. The highest BCUT2D eigenvalue weighted by Crippen LogP contribution is 2.40. The molecule has 2 amide bonds. The van der Waals surface area contributed by atoms with Gasteiger partial charge in [0.1, 0.15) is 6.42 Å². The molecular formula is C26H20N8O2. The number of carbonyl (C=O) groups is 2. The van der Waals surface area contributed by atoms with Gasteiger partial charge in [-0.2, -0.15) is 4.68 Å². The summed E-state index contributed by atoms with van der Waals surface area (Å²) in [7, 11) is 0. The number of benzene rings is 3. The van der Waals surface area contributed by atoms with Gasteiger partial charge in [-0.15, -0.1) is 0 Å². The van der Waals surface area contributed by atoms with Crippen LogP contribution in [0.5, 0.6) is 0 Å². The molecule has 5 aromatic rings. The van der Waals surface area contributed by atoms with E-state index in [1.807, 2.05) is 78.9 Å². The molecule has 10 nitrogen and oxygen atoms in total. The number of amides is 2. The van der Waals surface area contributed by atoms with Crippen LogP contribution in [0.1, 0.15) is 12.1 Å². The van der Waals surface area contributed by atoms with Crippen molar-refractivity contribution in [1.82, 2.24) is 25.2 Å². The van der Waals surface area contributed by atoms with Crippen molar-refractivity contribution < 1.29 is 9.59 Å². The summed E-state index contributed by atoms with van der Waals surface area (Å²) in [5.41, 5.74) is 3.44. The van der Waals surface area contributed by atoms with Crippen molar-refractivity contribution in [3.63, 3.8) is 0 Å². The molecule has 36 heavy (non-hydrogen) atoms. The fraction of sp³-hybridized carbons (Fsp3) is 0.0769. The summed E-state index contributed by atoms with van der Waals surface area (Å²) in [6, 6.07) is 24.5. The average molecular weight is 477 g/mol. The van der Waals surface area contributed by atoms with Crippen LogP contribution >= 0.6 is 0 Å². The maximum atomic E-state index is 13.1. The molecule has 0 radical (unpaired) electrons. The first-order valence-corrected chi connectivity index (χ1v) is 11.3. The Kier molecular flexibility index (Phi) is 5.30. The molecule has 176 valence electrons. The maximum absolute atomic E-state index is 13.1. The van der Waals surface area contributed by atoms with Crippen LogP contribution < -0.4 is 15.5 Å². The summed E-state index contributed by atoms with van der Waals surface area (Å²) in [6.45, 7) is 0.466. The van der Waals surface area contributed by atoms with Crippen molar-refractivity contribution in [3.05, 3.63) is 90.8 Å². The molecule has 1 aliphatic heterocycles. The molecule has 0 bridgehead atoms. The van der Waals surface area contributed by atoms with Gasteiger partial charge in [0.15, 0.2) is 0 Å². The largest absolute Gasteiger partial charge is 0.347 e. The number of nitrogens with zero attached hydrogens (tertiary/aromatic N) is 6. The molecule has 0 saturated carbocycles. The standard InChI is InChI=1S/C26H20N8O2/c35-23-15-24(36)33(22-13-8-17-5-1-2-7-21(17)25(22)29-23)19-9-11-20(12-10-19)34-26(30-31-32-34)28-16-18-6-3-4-14-27-18/h1-14H,15-16H2,(H,29,35)(H,28,30,32). The normalized spacial score (nSPS) is 13.3. The SMILES string of the molecule is O=C1CC(=O)N(c2ccc(-n3nnnc3NCc3ccccn3)cc2)c2ccc3ccccc3c2N1. The molecule has 0 fully saturated rings. The van der Waals surface area contributed by atoms with Crippen molar-refractivity contribution in [3.8, 4) is 5.69 Å². The first kappa shape index (κ1) is 21.4. The van der Waals surface area contributed by atoms with Gasteiger partial charge >= 0.3 is 0 Å². The number of hydrogen-bond acceptors (Lipinski definition) is 7. The molecule has 2 aromatic heterocycles. The van der Waals surface area contributed by atoms with Crippen LogP contribution in [0.15, 0.2) is 85.1 Å². The molecule has 0 aliphatic carbocycles. The van der Waals surface area contributed by atoms with E-state index < -0.39 is 0 Å². The highest BCUT2D eigenvalue weighted by molar-refractivity contribution is 6.21. The zero-order valence-corrected chi connectivity index (χ0v) is 19.0. The Balaban J connectivity index is 1.33. The van der Waals surface area contributed by atoms with Crippen LogP contribution in [-0.2, 0) is 16.1 Å². The van der Waals surface area contributed by atoms with E-state index in [1.165, 1.54) is 0 Å². The molecule has 0 spiro atoms. The third kappa shape index (κ3) is 3.90. The summed E-state index contributed by atoms with van der Waals surface area (Å²) >= 11 is 0. The van der Waals surface area contributed by atoms with Crippen molar-refractivity contribution in [2.75, 3.05) is 15.5 Å². The minimum Gasteiger partial charge on any atom is -0.347 e. The quantitative estimate of drug-likeness (QED) is 0.370. The van der Waals surface area contributed by atoms with Gasteiger partial charge in [-0.25, -0.2) is 0 Å². The Bertz CT molecular complexity index is 1580. The number of anilines is 4. The highest BCUT2D eigenvalue weighted by Gasteiger charge is 2.28. The van der Waals surface area contributed by atoms with Crippen LogP contribution in [0, 0.1) is 0 Å². The van der Waals surface area contributed by atoms with Crippen molar-refractivity contribution in [2.24, 2.45) is 0 Å². The molecule has 6 rings (SSSR count). The fourth-order valence-corrected chi connectivity index (χ4v) is 4.28. The van der Waals surface area contributed by atoms with E-state index in [9.17, 15) is 9.59 Å². The minimum atomic E-state index is -0.339. The first-order valence-electron chi connectivity index (χ1n) is 11.3. The van der Waals surface area contributed by atoms with E-state index in [1.54, 1.807) is 15.8 Å². The van der Waals surface area contributed by atoms with Crippen molar-refractivity contribution in [2.45, 2.75) is 13.0 Å². The lowest BCUT2D eigenvalue weighted by atomic mass is 10.1. The Morgan fingerprint density at radius 1 is 0.889 bits per heavy atom. The summed E-state index contributed by atoms with van der Waals surface area (Å²) in [6.07, 6.45) is 1.48. The van der Waals surface area contributed by atoms with Crippen LogP contribution in [-0.4, -0.2) is 37.0 Å². The third-order valence-corrected chi connectivity index (χ3v) is 5.95. The van der Waals surface area contributed by atoms with Gasteiger partial charge in [0, 0.05) is 17.3 Å². The van der Waals surface area contributed by atoms with E-state index in [2.05, 4.69) is 31.1 Å². The van der Waals surface area contributed by atoms with Crippen LogP contribution in [0.25, 0.3) is 16.5 Å². The zero-order chi connectivity index (χ0) is 24.5. The number of tetrazole rings is 1. The zero-order valence-electron chi connectivity index (χ0n) is 19.0. The molecule has 3 aromatic carbocycles. The number of pyridine rings is 1. The minimum absolute atomic E-state index is 0.251.